The third-order valence-electron chi connectivity index (χ3n) is 4.72. The van der Waals surface area contributed by atoms with Crippen LogP contribution in [0.3, 0.4) is 0 Å². The maximum absolute atomic E-state index is 12.8. The van der Waals surface area contributed by atoms with Crippen LogP contribution in [0.2, 0.25) is 10.0 Å². The number of halogens is 2. The Kier molecular flexibility index (Phi) is 7.12. The second kappa shape index (κ2) is 9.76. The van der Waals surface area contributed by atoms with Crippen LogP contribution in [0.15, 0.2) is 48.5 Å². The fourth-order valence-corrected chi connectivity index (χ4v) is 3.76. The summed E-state index contributed by atoms with van der Waals surface area (Å²) in [5.41, 5.74) is 0.886. The summed E-state index contributed by atoms with van der Waals surface area (Å²) >= 11 is 12.0. The number of rotatable bonds is 6. The van der Waals surface area contributed by atoms with Crippen molar-refractivity contribution < 1.29 is 14.4 Å². The van der Waals surface area contributed by atoms with Gasteiger partial charge in [-0.1, -0.05) is 41.4 Å². The minimum absolute atomic E-state index is 0.199. The third-order valence-corrected chi connectivity index (χ3v) is 5.27. The summed E-state index contributed by atoms with van der Waals surface area (Å²) in [4.78, 5) is 38.9. The summed E-state index contributed by atoms with van der Waals surface area (Å²) in [5.74, 6) is -0.730. The second-order valence-electron chi connectivity index (χ2n) is 6.69. The summed E-state index contributed by atoms with van der Waals surface area (Å²) in [6.07, 6.45) is 1.32. The molecule has 3 rings (SSSR count). The van der Waals surface area contributed by atoms with Gasteiger partial charge in [0.1, 0.15) is 6.04 Å². The first kappa shape index (κ1) is 21.1. The zero-order valence-corrected chi connectivity index (χ0v) is 17.2. The molecule has 2 aromatic carbocycles. The fourth-order valence-electron chi connectivity index (χ4n) is 3.27. The van der Waals surface area contributed by atoms with Crippen LogP contribution in [0, 0.1) is 0 Å². The lowest BCUT2D eigenvalue weighted by Crippen LogP contribution is -2.47. The lowest BCUT2D eigenvalue weighted by Gasteiger charge is -2.24. The number of nitrogens with one attached hydrogen (secondary N) is 2. The van der Waals surface area contributed by atoms with Gasteiger partial charge in [0.2, 0.25) is 5.91 Å². The summed E-state index contributed by atoms with van der Waals surface area (Å²) in [7, 11) is 0. The average Bonchev–Trinajstić information content (AvgIpc) is 3.21. The molecule has 0 saturated carbocycles. The molecule has 6 nitrogen and oxygen atoms in total. The number of nitrogens with zero attached hydrogens (tertiary/aromatic N) is 1. The highest BCUT2D eigenvalue weighted by atomic mass is 35.5. The average molecular weight is 434 g/mol. The predicted octanol–water partition coefficient (Wildman–Crippen LogP) is 3.14. The topological polar surface area (TPSA) is 78.5 Å². The van der Waals surface area contributed by atoms with E-state index in [1.807, 2.05) is 6.07 Å². The van der Waals surface area contributed by atoms with Crippen molar-refractivity contribution >= 4 is 40.9 Å². The second-order valence-corrected chi connectivity index (χ2v) is 7.54. The van der Waals surface area contributed by atoms with Crippen LogP contribution >= 0.6 is 23.2 Å². The van der Waals surface area contributed by atoms with Crippen molar-refractivity contribution in [2.75, 3.05) is 19.6 Å². The molecule has 1 aliphatic heterocycles. The Hall–Kier alpha value is -2.57. The van der Waals surface area contributed by atoms with Gasteiger partial charge in [0.25, 0.3) is 11.8 Å². The molecular weight excluding hydrogens is 413 g/mol. The van der Waals surface area contributed by atoms with E-state index in [2.05, 4.69) is 10.6 Å². The van der Waals surface area contributed by atoms with Gasteiger partial charge in [0.05, 0.1) is 10.6 Å². The van der Waals surface area contributed by atoms with Crippen molar-refractivity contribution in [2.45, 2.75) is 18.9 Å². The van der Waals surface area contributed by atoms with Gasteiger partial charge in [-0.25, -0.2) is 0 Å². The minimum atomic E-state index is -0.556. The van der Waals surface area contributed by atoms with Crippen molar-refractivity contribution in [2.24, 2.45) is 0 Å². The predicted molar refractivity (Wildman–Crippen MR) is 112 cm³/mol. The van der Waals surface area contributed by atoms with Crippen molar-refractivity contribution in [1.29, 1.82) is 0 Å². The van der Waals surface area contributed by atoms with E-state index >= 15 is 0 Å². The van der Waals surface area contributed by atoms with E-state index in [1.54, 1.807) is 36.4 Å². The standard InChI is InChI=1S/C21H21Cl2N3O3/c22-15-8-9-16(17(23)13-15)21(29)26-12-4-7-18(26)20(28)25-11-10-24-19(27)14-5-2-1-3-6-14/h1-3,5-6,8-9,13,18H,4,7,10-12H2,(H,24,27)(H,25,28)/t18-/m0/s1. The highest BCUT2D eigenvalue weighted by molar-refractivity contribution is 6.36. The maximum Gasteiger partial charge on any atom is 0.256 e. The molecule has 152 valence electrons. The molecule has 1 heterocycles. The number of hydrogen-bond acceptors (Lipinski definition) is 3. The molecule has 3 amide bonds. The SMILES string of the molecule is O=C(NCCNC(=O)[C@@H]1CCCN1C(=O)c1ccc(Cl)cc1Cl)c1ccccc1. The Balaban J connectivity index is 1.52. The van der Waals surface area contributed by atoms with Gasteiger partial charge < -0.3 is 15.5 Å². The third kappa shape index (κ3) is 5.28. The highest BCUT2D eigenvalue weighted by Crippen LogP contribution is 2.26. The Morgan fingerprint density at radius 1 is 1.00 bits per heavy atom. The van der Waals surface area contributed by atoms with Crippen LogP contribution in [0.1, 0.15) is 33.6 Å². The normalized spacial score (nSPS) is 15.8. The van der Waals surface area contributed by atoms with E-state index in [1.165, 1.54) is 11.0 Å². The van der Waals surface area contributed by atoms with Crippen molar-refractivity contribution in [1.82, 2.24) is 15.5 Å². The molecule has 1 atom stereocenters. The molecule has 8 heteroatoms. The van der Waals surface area contributed by atoms with E-state index in [-0.39, 0.29) is 29.3 Å². The molecule has 0 aliphatic carbocycles. The van der Waals surface area contributed by atoms with Gasteiger partial charge in [-0.15, -0.1) is 0 Å². The van der Waals surface area contributed by atoms with Crippen LogP contribution in [0.4, 0.5) is 0 Å². The molecule has 1 fully saturated rings. The maximum atomic E-state index is 12.8. The monoisotopic (exact) mass is 433 g/mol. The van der Waals surface area contributed by atoms with Crippen LogP contribution < -0.4 is 10.6 Å². The Morgan fingerprint density at radius 3 is 2.45 bits per heavy atom. The van der Waals surface area contributed by atoms with E-state index in [0.29, 0.717) is 35.7 Å². The number of hydrogen-bond donors (Lipinski definition) is 2. The first-order valence-electron chi connectivity index (χ1n) is 9.34. The van der Waals surface area contributed by atoms with Crippen LogP contribution in [0.25, 0.3) is 0 Å². The molecule has 0 radical (unpaired) electrons. The van der Waals surface area contributed by atoms with E-state index in [0.717, 1.165) is 6.42 Å². The summed E-state index contributed by atoms with van der Waals surface area (Å²) in [6, 6.07) is 13.0. The zero-order chi connectivity index (χ0) is 20.8. The largest absolute Gasteiger partial charge is 0.353 e. The van der Waals surface area contributed by atoms with Crippen molar-refractivity contribution in [3.8, 4) is 0 Å². The molecule has 2 aromatic rings. The van der Waals surface area contributed by atoms with Gasteiger partial charge in [-0.3, -0.25) is 14.4 Å². The summed E-state index contributed by atoms with van der Waals surface area (Å²) in [6.45, 7) is 1.06. The van der Waals surface area contributed by atoms with Gasteiger partial charge >= 0.3 is 0 Å². The molecule has 0 spiro atoms. The smallest absolute Gasteiger partial charge is 0.256 e. The summed E-state index contributed by atoms with van der Waals surface area (Å²) < 4.78 is 0. The molecule has 0 unspecified atom stereocenters. The van der Waals surface area contributed by atoms with Crippen LogP contribution in [-0.2, 0) is 4.79 Å². The minimum Gasteiger partial charge on any atom is -0.353 e. The number of amides is 3. The molecule has 0 bridgehead atoms. The lowest BCUT2D eigenvalue weighted by molar-refractivity contribution is -0.124. The molecule has 1 aliphatic rings. The molecule has 29 heavy (non-hydrogen) atoms. The number of carbonyl (C=O) groups is 3. The Bertz CT molecular complexity index is 905. The highest BCUT2D eigenvalue weighted by Gasteiger charge is 2.35. The molecule has 0 aromatic heterocycles. The Morgan fingerprint density at radius 2 is 1.72 bits per heavy atom. The van der Waals surface area contributed by atoms with E-state index in [4.69, 9.17) is 23.2 Å². The van der Waals surface area contributed by atoms with Crippen LogP contribution in [-0.4, -0.2) is 48.3 Å². The number of likely N-dealkylation sites (tertiary alicyclic amines) is 1. The van der Waals surface area contributed by atoms with Gasteiger partial charge in [0, 0.05) is 30.2 Å². The molecular formula is C21H21Cl2N3O3. The quantitative estimate of drug-likeness (QED) is 0.686. The number of carbonyl (C=O) groups excluding carboxylic acids is 3. The van der Waals surface area contributed by atoms with Gasteiger partial charge in [-0.05, 0) is 43.2 Å². The van der Waals surface area contributed by atoms with E-state index in [9.17, 15) is 14.4 Å². The summed E-state index contributed by atoms with van der Waals surface area (Å²) in [5, 5.41) is 6.25. The van der Waals surface area contributed by atoms with Gasteiger partial charge in [-0.2, -0.15) is 0 Å². The fraction of sp³-hybridized carbons (Fsp3) is 0.286. The zero-order valence-electron chi connectivity index (χ0n) is 15.7. The molecule has 1 saturated heterocycles. The number of benzene rings is 2. The van der Waals surface area contributed by atoms with E-state index < -0.39 is 6.04 Å². The van der Waals surface area contributed by atoms with Crippen molar-refractivity contribution in [3.63, 3.8) is 0 Å². The lowest BCUT2D eigenvalue weighted by atomic mass is 10.1. The van der Waals surface area contributed by atoms with Crippen LogP contribution in [0.5, 0.6) is 0 Å². The Labute approximate surface area is 179 Å². The first-order valence-corrected chi connectivity index (χ1v) is 10.1. The molecule has 2 N–H and O–H groups in total. The van der Waals surface area contributed by atoms with Crippen molar-refractivity contribution in [3.05, 3.63) is 69.7 Å². The van der Waals surface area contributed by atoms with Gasteiger partial charge in [0.15, 0.2) is 0 Å². The first-order chi connectivity index (χ1) is 14.0.